The topological polar surface area (TPSA) is 95.9 Å². The van der Waals surface area contributed by atoms with Crippen molar-refractivity contribution in [3.8, 4) is 0 Å². The van der Waals surface area contributed by atoms with E-state index in [1.54, 1.807) is 55.3 Å². The van der Waals surface area contributed by atoms with Gasteiger partial charge < -0.3 is 5.32 Å². The molecule has 1 aliphatic heterocycles. The number of aliphatic imine (C=N–C) groups is 1. The van der Waals surface area contributed by atoms with E-state index in [2.05, 4.69) is 10.3 Å². The van der Waals surface area contributed by atoms with Gasteiger partial charge in [-0.05, 0) is 54.8 Å². The number of carbonyl (C=O) groups is 2. The third-order valence-electron chi connectivity index (χ3n) is 5.24. The summed E-state index contributed by atoms with van der Waals surface area (Å²) in [6.07, 6.45) is 3.03. The van der Waals surface area contributed by atoms with Crippen molar-refractivity contribution in [1.29, 1.82) is 0 Å². The van der Waals surface area contributed by atoms with Gasteiger partial charge in [-0.1, -0.05) is 19.1 Å². The van der Waals surface area contributed by atoms with Gasteiger partial charge in [0.25, 0.3) is 5.91 Å². The summed E-state index contributed by atoms with van der Waals surface area (Å²) >= 11 is 0. The van der Waals surface area contributed by atoms with Crippen LogP contribution in [0.25, 0.3) is 0 Å². The molecule has 8 heteroatoms. The van der Waals surface area contributed by atoms with Gasteiger partial charge in [0.05, 0.1) is 17.1 Å². The summed E-state index contributed by atoms with van der Waals surface area (Å²) < 4.78 is 23.7. The zero-order valence-electron chi connectivity index (χ0n) is 17.8. The Morgan fingerprint density at radius 1 is 1.03 bits per heavy atom. The molecule has 7 nitrogen and oxygen atoms in total. The maximum Gasteiger partial charge on any atom is 0.258 e. The maximum absolute atomic E-state index is 12.7. The molecule has 164 valence electrons. The van der Waals surface area contributed by atoms with Crippen LogP contribution >= 0.6 is 0 Å². The molecule has 31 heavy (non-hydrogen) atoms. The summed E-state index contributed by atoms with van der Waals surface area (Å²) in [6, 6.07) is 13.1. The first-order valence-corrected chi connectivity index (χ1v) is 12.0. The highest BCUT2D eigenvalue weighted by Crippen LogP contribution is 2.16. The predicted octanol–water partition coefficient (Wildman–Crippen LogP) is 3.32. The number of hydrogen-bond acceptors (Lipinski definition) is 5. The summed E-state index contributed by atoms with van der Waals surface area (Å²) in [5.74, 6) is 0.501. The Balaban J connectivity index is 1.58. The molecule has 0 saturated carbocycles. The summed E-state index contributed by atoms with van der Waals surface area (Å²) in [5, 5.41) is 2.80. The Bertz CT molecular complexity index is 1070. The number of nitrogens with zero attached hydrogens (tertiary/aromatic N) is 2. The van der Waals surface area contributed by atoms with E-state index in [1.807, 2.05) is 0 Å². The standard InChI is InChI=1S/C23H27N3O4S/c1-3-31(29,30)20-13-7-17(8-14-20)16-22(27)25-19-11-9-18(10-12-19)23(28)26(2)21-6-4-5-15-24-21/h7-14H,3-6,15-16H2,1-2H3,(H,25,27). The van der Waals surface area contributed by atoms with Crippen molar-refractivity contribution in [2.75, 3.05) is 24.7 Å². The molecule has 3 rings (SSSR count). The average molecular weight is 442 g/mol. The lowest BCUT2D eigenvalue weighted by Gasteiger charge is -2.22. The van der Waals surface area contributed by atoms with E-state index in [0.29, 0.717) is 16.8 Å². The van der Waals surface area contributed by atoms with Crippen molar-refractivity contribution >= 4 is 33.2 Å². The molecule has 0 aromatic heterocycles. The van der Waals surface area contributed by atoms with E-state index >= 15 is 0 Å². The van der Waals surface area contributed by atoms with Gasteiger partial charge in [0.15, 0.2) is 9.84 Å². The molecule has 0 radical (unpaired) electrons. The third kappa shape index (κ3) is 5.79. The Labute approximate surface area is 183 Å². The fourth-order valence-electron chi connectivity index (χ4n) is 3.33. The quantitative estimate of drug-likeness (QED) is 0.744. The summed E-state index contributed by atoms with van der Waals surface area (Å²) in [5.41, 5.74) is 1.83. The van der Waals surface area contributed by atoms with Gasteiger partial charge in [-0.2, -0.15) is 0 Å². The highest BCUT2D eigenvalue weighted by molar-refractivity contribution is 7.91. The molecule has 0 bridgehead atoms. The lowest BCUT2D eigenvalue weighted by Crippen LogP contribution is -2.34. The summed E-state index contributed by atoms with van der Waals surface area (Å²) in [4.78, 5) is 31.3. The van der Waals surface area contributed by atoms with Gasteiger partial charge in [-0.3, -0.25) is 19.5 Å². The number of sulfone groups is 1. The van der Waals surface area contributed by atoms with Gasteiger partial charge in [-0.25, -0.2) is 8.42 Å². The summed E-state index contributed by atoms with van der Waals surface area (Å²) in [7, 11) is -1.52. The van der Waals surface area contributed by atoms with E-state index in [-0.39, 0.29) is 28.9 Å². The van der Waals surface area contributed by atoms with Gasteiger partial charge in [0.1, 0.15) is 5.84 Å². The minimum absolute atomic E-state index is 0.0369. The molecule has 1 heterocycles. The van der Waals surface area contributed by atoms with Gasteiger partial charge in [0.2, 0.25) is 5.91 Å². The van der Waals surface area contributed by atoms with Crippen LogP contribution in [0.1, 0.15) is 42.1 Å². The smallest absolute Gasteiger partial charge is 0.258 e. The molecule has 0 atom stereocenters. The average Bonchev–Trinajstić information content (AvgIpc) is 2.79. The largest absolute Gasteiger partial charge is 0.326 e. The van der Waals surface area contributed by atoms with Crippen LogP contribution < -0.4 is 5.32 Å². The van der Waals surface area contributed by atoms with Crippen LogP contribution in [0.4, 0.5) is 5.69 Å². The second-order valence-electron chi connectivity index (χ2n) is 7.47. The lowest BCUT2D eigenvalue weighted by molar-refractivity contribution is -0.115. The maximum atomic E-state index is 12.7. The van der Waals surface area contributed by atoms with Crippen molar-refractivity contribution < 1.29 is 18.0 Å². The zero-order valence-corrected chi connectivity index (χ0v) is 18.6. The van der Waals surface area contributed by atoms with Crippen LogP contribution in [-0.4, -0.2) is 50.3 Å². The second-order valence-corrected chi connectivity index (χ2v) is 9.75. The zero-order chi connectivity index (χ0) is 22.4. The highest BCUT2D eigenvalue weighted by Gasteiger charge is 2.18. The van der Waals surface area contributed by atoms with Crippen LogP contribution in [0.5, 0.6) is 0 Å². The number of rotatable bonds is 6. The fraction of sp³-hybridized carbons (Fsp3) is 0.348. The molecule has 0 saturated heterocycles. The van der Waals surface area contributed by atoms with E-state index in [0.717, 1.165) is 31.6 Å². The molecule has 0 unspecified atom stereocenters. The lowest BCUT2D eigenvalue weighted by atomic mass is 10.1. The molecular formula is C23H27N3O4S. The Morgan fingerprint density at radius 2 is 1.71 bits per heavy atom. The number of nitrogens with one attached hydrogen (secondary N) is 1. The van der Waals surface area contributed by atoms with Crippen LogP contribution in [0.2, 0.25) is 0 Å². The van der Waals surface area contributed by atoms with E-state index in [9.17, 15) is 18.0 Å². The first kappa shape index (κ1) is 22.7. The van der Waals surface area contributed by atoms with Gasteiger partial charge in [-0.15, -0.1) is 0 Å². The Morgan fingerprint density at radius 3 is 2.29 bits per heavy atom. The molecule has 0 aliphatic carbocycles. The normalized spacial score (nSPS) is 13.9. The van der Waals surface area contributed by atoms with Crippen molar-refractivity contribution in [2.24, 2.45) is 4.99 Å². The molecule has 0 spiro atoms. The summed E-state index contributed by atoms with van der Waals surface area (Å²) in [6.45, 7) is 2.35. The first-order valence-electron chi connectivity index (χ1n) is 10.3. The van der Waals surface area contributed by atoms with E-state index < -0.39 is 9.84 Å². The van der Waals surface area contributed by atoms with Crippen LogP contribution in [0.3, 0.4) is 0 Å². The van der Waals surface area contributed by atoms with E-state index in [4.69, 9.17) is 0 Å². The van der Waals surface area contributed by atoms with Crippen molar-refractivity contribution in [2.45, 2.75) is 37.5 Å². The van der Waals surface area contributed by atoms with Crippen molar-refractivity contribution in [3.05, 3.63) is 59.7 Å². The molecule has 1 N–H and O–H groups in total. The second kappa shape index (κ2) is 9.87. The number of amidine groups is 1. The molecule has 2 aromatic rings. The fourth-order valence-corrected chi connectivity index (χ4v) is 4.22. The van der Waals surface area contributed by atoms with Crippen LogP contribution in [0.15, 0.2) is 58.4 Å². The van der Waals surface area contributed by atoms with Gasteiger partial charge >= 0.3 is 0 Å². The molecule has 2 amide bonds. The number of benzene rings is 2. The minimum atomic E-state index is -3.26. The minimum Gasteiger partial charge on any atom is -0.326 e. The molecule has 2 aromatic carbocycles. The van der Waals surface area contributed by atoms with Crippen LogP contribution in [-0.2, 0) is 21.1 Å². The monoisotopic (exact) mass is 441 g/mol. The molecule has 0 fully saturated rings. The third-order valence-corrected chi connectivity index (χ3v) is 6.99. The molecular weight excluding hydrogens is 414 g/mol. The number of carbonyl (C=O) groups excluding carboxylic acids is 2. The number of hydrogen-bond donors (Lipinski definition) is 1. The Kier molecular flexibility index (Phi) is 7.22. The first-order chi connectivity index (χ1) is 14.8. The Hall–Kier alpha value is -3.00. The number of anilines is 1. The SMILES string of the molecule is CCS(=O)(=O)c1ccc(CC(=O)Nc2ccc(C(=O)N(C)C3=NCCCC3)cc2)cc1. The van der Waals surface area contributed by atoms with Crippen LogP contribution in [0, 0.1) is 0 Å². The van der Waals surface area contributed by atoms with Crippen molar-refractivity contribution in [3.63, 3.8) is 0 Å². The van der Waals surface area contributed by atoms with Gasteiger partial charge in [0, 0.05) is 31.3 Å². The highest BCUT2D eigenvalue weighted by atomic mass is 32.2. The number of amides is 2. The predicted molar refractivity (Wildman–Crippen MR) is 121 cm³/mol. The van der Waals surface area contributed by atoms with Crippen molar-refractivity contribution in [1.82, 2.24) is 4.90 Å². The van der Waals surface area contributed by atoms with E-state index in [1.165, 1.54) is 12.1 Å². The molecule has 1 aliphatic rings.